The number of amides is 1. The summed E-state index contributed by atoms with van der Waals surface area (Å²) >= 11 is 6.74. The molecule has 1 amide bonds. The third kappa shape index (κ3) is 4.27. The number of alkyl halides is 1. The van der Waals surface area contributed by atoms with Crippen LogP contribution >= 0.6 is 22.9 Å². The number of carbonyl (C=O) groups is 1. The largest absolute Gasteiger partial charge is 0.347 e. The van der Waals surface area contributed by atoms with Gasteiger partial charge in [-0.1, -0.05) is 41.7 Å². The molecular weight excluding hydrogens is 312 g/mol. The van der Waals surface area contributed by atoms with Gasteiger partial charge in [0.15, 0.2) is 0 Å². The summed E-state index contributed by atoms with van der Waals surface area (Å²) in [6.07, 6.45) is 0.615. The maximum absolute atomic E-state index is 12.1. The van der Waals surface area contributed by atoms with E-state index >= 15 is 0 Å². The van der Waals surface area contributed by atoms with Gasteiger partial charge in [-0.15, -0.1) is 11.6 Å². The zero-order valence-corrected chi connectivity index (χ0v) is 12.6. The molecule has 2 rings (SSSR count). The van der Waals surface area contributed by atoms with Gasteiger partial charge in [-0.3, -0.25) is 14.9 Å². The predicted octanol–water partition coefficient (Wildman–Crippen LogP) is 3.24. The van der Waals surface area contributed by atoms with Crippen LogP contribution in [0.5, 0.6) is 0 Å². The van der Waals surface area contributed by atoms with Gasteiger partial charge in [0.25, 0.3) is 5.91 Å². The molecule has 21 heavy (non-hydrogen) atoms. The van der Waals surface area contributed by atoms with Gasteiger partial charge in [-0.25, -0.2) is 0 Å². The van der Waals surface area contributed by atoms with Crippen molar-refractivity contribution in [2.45, 2.75) is 12.5 Å². The third-order valence-corrected chi connectivity index (χ3v) is 4.25. The molecule has 1 N–H and O–H groups in total. The summed E-state index contributed by atoms with van der Waals surface area (Å²) in [5.74, 6) is -0.0663. The molecule has 0 spiro atoms. The van der Waals surface area contributed by atoms with E-state index in [1.165, 1.54) is 12.1 Å². The van der Waals surface area contributed by atoms with E-state index in [-0.39, 0.29) is 22.8 Å². The molecule has 1 heterocycles. The number of halogens is 1. The molecule has 1 atom stereocenters. The molecule has 2 aromatic rings. The first-order valence-electron chi connectivity index (χ1n) is 6.25. The minimum Gasteiger partial charge on any atom is -0.347 e. The average molecular weight is 325 g/mol. The van der Waals surface area contributed by atoms with E-state index < -0.39 is 4.92 Å². The van der Waals surface area contributed by atoms with Gasteiger partial charge < -0.3 is 5.32 Å². The molecule has 0 radical (unpaired) electrons. The summed E-state index contributed by atoms with van der Waals surface area (Å²) in [4.78, 5) is 22.5. The molecule has 0 saturated heterocycles. The van der Waals surface area contributed by atoms with Crippen LogP contribution in [-0.2, 0) is 6.42 Å². The van der Waals surface area contributed by atoms with Crippen LogP contribution in [0.25, 0.3) is 0 Å². The lowest BCUT2D eigenvalue weighted by atomic mass is 10.1. The van der Waals surface area contributed by atoms with Crippen LogP contribution in [0.15, 0.2) is 42.5 Å². The SMILES string of the molecule is O=C(NC(CCl)Cc1ccccc1)c1ccc([N+](=O)[O-])s1. The van der Waals surface area contributed by atoms with Crippen molar-refractivity contribution in [3.05, 3.63) is 63.0 Å². The fourth-order valence-electron chi connectivity index (χ4n) is 1.85. The standard InChI is InChI=1S/C14H13ClN2O3S/c15-9-11(8-10-4-2-1-3-5-10)16-14(18)12-6-7-13(21-12)17(19)20/h1-7,11H,8-9H2,(H,16,18). The highest BCUT2D eigenvalue weighted by atomic mass is 35.5. The van der Waals surface area contributed by atoms with Crippen LogP contribution in [0.2, 0.25) is 0 Å². The monoisotopic (exact) mass is 324 g/mol. The minimum absolute atomic E-state index is 0.0503. The van der Waals surface area contributed by atoms with E-state index in [0.29, 0.717) is 11.3 Å². The van der Waals surface area contributed by atoms with Crippen molar-refractivity contribution < 1.29 is 9.72 Å². The number of rotatable bonds is 6. The number of hydrogen-bond acceptors (Lipinski definition) is 4. The average Bonchev–Trinajstić information content (AvgIpc) is 2.97. The summed E-state index contributed by atoms with van der Waals surface area (Å²) in [5.41, 5.74) is 1.07. The maximum atomic E-state index is 12.1. The van der Waals surface area contributed by atoms with Crippen LogP contribution in [0.1, 0.15) is 15.2 Å². The highest BCUT2D eigenvalue weighted by molar-refractivity contribution is 7.17. The Hall–Kier alpha value is -1.92. The molecule has 5 nitrogen and oxygen atoms in total. The van der Waals surface area contributed by atoms with Crippen LogP contribution < -0.4 is 5.32 Å². The Kier molecular flexibility index (Phi) is 5.30. The van der Waals surface area contributed by atoms with E-state index in [4.69, 9.17) is 11.6 Å². The Morgan fingerprint density at radius 3 is 2.57 bits per heavy atom. The highest BCUT2D eigenvalue weighted by Gasteiger charge is 2.18. The van der Waals surface area contributed by atoms with E-state index in [1.807, 2.05) is 30.3 Å². The Bertz CT molecular complexity index is 630. The number of hydrogen-bond donors (Lipinski definition) is 1. The van der Waals surface area contributed by atoms with Crippen molar-refractivity contribution in [2.75, 3.05) is 5.88 Å². The van der Waals surface area contributed by atoms with Gasteiger partial charge >= 0.3 is 5.00 Å². The van der Waals surface area contributed by atoms with Gasteiger partial charge in [0.05, 0.1) is 9.80 Å². The van der Waals surface area contributed by atoms with E-state index in [2.05, 4.69) is 5.32 Å². The number of nitro groups is 1. The summed E-state index contributed by atoms with van der Waals surface area (Å²) in [7, 11) is 0. The van der Waals surface area contributed by atoms with Gasteiger partial charge in [0, 0.05) is 18.0 Å². The molecule has 110 valence electrons. The first-order chi connectivity index (χ1) is 10.1. The fourth-order valence-corrected chi connectivity index (χ4v) is 2.76. The highest BCUT2D eigenvalue weighted by Crippen LogP contribution is 2.23. The van der Waals surface area contributed by atoms with Crippen LogP contribution in [0.3, 0.4) is 0 Å². The topological polar surface area (TPSA) is 72.2 Å². The molecule has 0 aliphatic carbocycles. The number of nitrogens with one attached hydrogen (secondary N) is 1. The van der Waals surface area contributed by atoms with E-state index in [1.54, 1.807) is 0 Å². The summed E-state index contributed by atoms with van der Waals surface area (Å²) in [5, 5.41) is 13.4. The number of thiophene rings is 1. The van der Waals surface area contributed by atoms with Crippen molar-refractivity contribution in [1.29, 1.82) is 0 Å². The van der Waals surface area contributed by atoms with Crippen LogP contribution in [-0.4, -0.2) is 22.8 Å². The second-order valence-corrected chi connectivity index (χ2v) is 5.78. The summed E-state index contributed by atoms with van der Waals surface area (Å²) in [6, 6.07) is 12.2. The second kappa shape index (κ2) is 7.19. The van der Waals surface area contributed by atoms with Gasteiger partial charge in [-0.2, -0.15) is 0 Å². The number of carbonyl (C=O) groups excluding carboxylic acids is 1. The first kappa shape index (κ1) is 15.5. The smallest absolute Gasteiger partial charge is 0.324 e. The minimum atomic E-state index is -0.509. The fraction of sp³-hybridized carbons (Fsp3) is 0.214. The molecule has 0 saturated carbocycles. The second-order valence-electron chi connectivity index (χ2n) is 4.41. The molecule has 0 aliphatic rings. The van der Waals surface area contributed by atoms with Crippen molar-refractivity contribution in [3.8, 4) is 0 Å². The maximum Gasteiger partial charge on any atom is 0.324 e. The lowest BCUT2D eigenvalue weighted by molar-refractivity contribution is -0.380. The predicted molar refractivity (Wildman–Crippen MR) is 83.1 cm³/mol. The zero-order valence-electron chi connectivity index (χ0n) is 11.0. The molecular formula is C14H13ClN2O3S. The Morgan fingerprint density at radius 1 is 1.29 bits per heavy atom. The lowest BCUT2D eigenvalue weighted by Crippen LogP contribution is -2.37. The van der Waals surface area contributed by atoms with Gasteiger partial charge in [0.2, 0.25) is 0 Å². The van der Waals surface area contributed by atoms with E-state index in [0.717, 1.165) is 16.9 Å². The van der Waals surface area contributed by atoms with Crippen LogP contribution in [0.4, 0.5) is 5.00 Å². The summed E-state index contributed by atoms with van der Waals surface area (Å²) < 4.78 is 0. The number of nitrogens with zero attached hydrogens (tertiary/aromatic N) is 1. The molecule has 0 bridgehead atoms. The molecule has 1 aromatic heterocycles. The molecule has 0 fully saturated rings. The van der Waals surface area contributed by atoms with Gasteiger partial charge in [0.1, 0.15) is 0 Å². The number of benzene rings is 1. The lowest BCUT2D eigenvalue weighted by Gasteiger charge is -2.15. The molecule has 1 aromatic carbocycles. The molecule has 7 heteroatoms. The Labute approximate surface area is 130 Å². The third-order valence-electron chi connectivity index (χ3n) is 2.84. The Balaban J connectivity index is 2.00. The van der Waals surface area contributed by atoms with Crippen molar-refractivity contribution >= 4 is 33.8 Å². The summed E-state index contributed by atoms with van der Waals surface area (Å²) in [6.45, 7) is 0. The Morgan fingerprint density at radius 2 is 2.00 bits per heavy atom. The quantitative estimate of drug-likeness (QED) is 0.503. The molecule has 0 aliphatic heterocycles. The van der Waals surface area contributed by atoms with Crippen molar-refractivity contribution in [3.63, 3.8) is 0 Å². The van der Waals surface area contributed by atoms with Crippen LogP contribution in [0, 0.1) is 10.1 Å². The van der Waals surface area contributed by atoms with E-state index in [9.17, 15) is 14.9 Å². The van der Waals surface area contributed by atoms with Crippen molar-refractivity contribution in [2.24, 2.45) is 0 Å². The zero-order chi connectivity index (χ0) is 15.2. The van der Waals surface area contributed by atoms with Gasteiger partial charge in [-0.05, 0) is 18.1 Å². The molecule has 1 unspecified atom stereocenters. The first-order valence-corrected chi connectivity index (χ1v) is 7.60. The van der Waals surface area contributed by atoms with Crippen molar-refractivity contribution in [1.82, 2.24) is 5.32 Å². The normalized spacial score (nSPS) is 11.9.